The largest absolute Gasteiger partial charge is 0.476 e. The van der Waals surface area contributed by atoms with Crippen LogP contribution in [0, 0.1) is 11.3 Å². The Labute approximate surface area is 78.8 Å². The van der Waals surface area contributed by atoms with Crippen LogP contribution in [0.4, 0.5) is 0 Å². The lowest BCUT2D eigenvalue weighted by Crippen LogP contribution is -1.94. The first-order chi connectivity index (χ1) is 6.70. The zero-order valence-corrected chi connectivity index (χ0v) is 7.01. The second-order valence-corrected chi connectivity index (χ2v) is 2.73. The third kappa shape index (κ3) is 1.19. The smallest absolute Gasteiger partial charge is 0.356 e. The van der Waals surface area contributed by atoms with E-state index in [0.29, 0.717) is 11.2 Å². The lowest BCUT2D eigenvalue weighted by molar-refractivity contribution is 0.0691. The summed E-state index contributed by atoms with van der Waals surface area (Å²) in [6.07, 6.45) is 2.91. The van der Waals surface area contributed by atoms with Crippen molar-refractivity contribution in [2.24, 2.45) is 0 Å². The molecule has 0 aliphatic rings. The molecule has 2 rings (SSSR count). The predicted molar refractivity (Wildman–Crippen MR) is 46.9 cm³/mol. The quantitative estimate of drug-likeness (QED) is 0.719. The zero-order valence-electron chi connectivity index (χ0n) is 7.01. The molecule has 5 heteroatoms. The van der Waals surface area contributed by atoms with Gasteiger partial charge in [-0.3, -0.25) is 0 Å². The van der Waals surface area contributed by atoms with Gasteiger partial charge in [0.25, 0.3) is 0 Å². The third-order valence-electron chi connectivity index (χ3n) is 1.80. The summed E-state index contributed by atoms with van der Waals surface area (Å²) in [6.45, 7) is 0. The fraction of sp³-hybridized carbons (Fsp3) is 0. The van der Waals surface area contributed by atoms with Crippen LogP contribution in [-0.4, -0.2) is 20.5 Å². The third-order valence-corrected chi connectivity index (χ3v) is 1.80. The van der Waals surface area contributed by atoms with E-state index < -0.39 is 5.97 Å². The first-order valence-electron chi connectivity index (χ1n) is 3.83. The maximum Gasteiger partial charge on any atom is 0.356 e. The highest BCUT2D eigenvalue weighted by molar-refractivity contribution is 5.86. The van der Waals surface area contributed by atoms with Crippen LogP contribution in [0.1, 0.15) is 16.1 Å². The minimum absolute atomic E-state index is 0.0277. The number of imidazole rings is 1. The molecule has 0 aromatic carbocycles. The molecule has 2 heterocycles. The van der Waals surface area contributed by atoms with Crippen molar-refractivity contribution < 1.29 is 9.90 Å². The number of nitrogens with zero attached hydrogens (tertiary/aromatic N) is 3. The van der Waals surface area contributed by atoms with Crippen molar-refractivity contribution in [2.75, 3.05) is 0 Å². The van der Waals surface area contributed by atoms with Crippen LogP contribution >= 0.6 is 0 Å². The Morgan fingerprint density at radius 2 is 2.29 bits per heavy atom. The van der Waals surface area contributed by atoms with Gasteiger partial charge in [-0.2, -0.15) is 5.26 Å². The molecule has 5 nitrogen and oxygen atoms in total. The maximum absolute atomic E-state index is 10.6. The van der Waals surface area contributed by atoms with Crippen molar-refractivity contribution in [3.63, 3.8) is 0 Å². The molecule has 0 aliphatic carbocycles. The minimum Gasteiger partial charge on any atom is -0.476 e. The van der Waals surface area contributed by atoms with Crippen LogP contribution in [0.15, 0.2) is 24.5 Å². The van der Waals surface area contributed by atoms with E-state index in [2.05, 4.69) is 4.98 Å². The van der Waals surface area contributed by atoms with E-state index in [9.17, 15) is 4.79 Å². The van der Waals surface area contributed by atoms with Crippen molar-refractivity contribution in [1.82, 2.24) is 9.38 Å². The van der Waals surface area contributed by atoms with Gasteiger partial charge in [0.2, 0.25) is 0 Å². The second kappa shape index (κ2) is 2.85. The van der Waals surface area contributed by atoms with Gasteiger partial charge in [0.15, 0.2) is 5.69 Å². The lowest BCUT2D eigenvalue weighted by Gasteiger charge is -1.91. The number of fused-ring (bicyclic) bond motifs is 1. The van der Waals surface area contributed by atoms with Crippen molar-refractivity contribution in [3.05, 3.63) is 35.8 Å². The molecule has 0 aliphatic heterocycles. The summed E-state index contributed by atoms with van der Waals surface area (Å²) in [5, 5.41) is 17.3. The van der Waals surface area contributed by atoms with Crippen molar-refractivity contribution in [1.29, 1.82) is 5.26 Å². The zero-order chi connectivity index (χ0) is 10.1. The van der Waals surface area contributed by atoms with Crippen LogP contribution in [0.25, 0.3) is 5.65 Å². The first kappa shape index (κ1) is 8.26. The van der Waals surface area contributed by atoms with E-state index in [0.717, 1.165) is 0 Å². The van der Waals surface area contributed by atoms with E-state index in [-0.39, 0.29) is 5.69 Å². The number of carbonyl (C=O) groups is 1. The SMILES string of the molecule is N#Cc1ccc2nc(C(=O)O)cn2c1. The van der Waals surface area contributed by atoms with E-state index in [1.807, 2.05) is 6.07 Å². The fourth-order valence-electron chi connectivity index (χ4n) is 1.16. The molecule has 2 aromatic rings. The summed E-state index contributed by atoms with van der Waals surface area (Å²) in [6, 6.07) is 5.15. The summed E-state index contributed by atoms with van der Waals surface area (Å²) in [5.41, 5.74) is 0.952. The number of nitriles is 1. The van der Waals surface area contributed by atoms with Gasteiger partial charge in [-0.15, -0.1) is 0 Å². The minimum atomic E-state index is -1.08. The molecule has 0 unspecified atom stereocenters. The number of pyridine rings is 1. The number of hydrogen-bond acceptors (Lipinski definition) is 3. The highest BCUT2D eigenvalue weighted by Crippen LogP contribution is 2.06. The van der Waals surface area contributed by atoms with Crippen molar-refractivity contribution >= 4 is 11.6 Å². The molecule has 0 amide bonds. The second-order valence-electron chi connectivity index (χ2n) is 2.73. The average Bonchev–Trinajstić information content (AvgIpc) is 2.59. The number of carboxylic acids is 1. The number of carboxylic acid groups (broad SMARTS) is 1. The molecule has 0 radical (unpaired) electrons. The number of hydrogen-bond donors (Lipinski definition) is 1. The molecule has 0 fully saturated rings. The van der Waals surface area contributed by atoms with Gasteiger partial charge in [-0.25, -0.2) is 9.78 Å². The molecule has 0 saturated carbocycles. The number of rotatable bonds is 1. The topological polar surface area (TPSA) is 78.4 Å². The Kier molecular flexibility index (Phi) is 1.68. The summed E-state index contributed by atoms with van der Waals surface area (Å²) in [4.78, 5) is 14.4. The van der Waals surface area contributed by atoms with Crippen molar-refractivity contribution in [2.45, 2.75) is 0 Å². The summed E-state index contributed by atoms with van der Waals surface area (Å²) in [7, 11) is 0. The highest BCUT2D eigenvalue weighted by atomic mass is 16.4. The maximum atomic E-state index is 10.6. The van der Waals surface area contributed by atoms with E-state index in [4.69, 9.17) is 10.4 Å². The van der Waals surface area contributed by atoms with Crippen LogP contribution in [-0.2, 0) is 0 Å². The average molecular weight is 187 g/mol. The molecule has 0 atom stereocenters. The van der Waals surface area contributed by atoms with E-state index in [1.165, 1.54) is 16.8 Å². The monoisotopic (exact) mass is 187 g/mol. The van der Waals surface area contributed by atoms with E-state index >= 15 is 0 Å². The highest BCUT2D eigenvalue weighted by Gasteiger charge is 2.08. The van der Waals surface area contributed by atoms with Gasteiger partial charge in [0.1, 0.15) is 11.7 Å². The molecule has 68 valence electrons. The van der Waals surface area contributed by atoms with Gasteiger partial charge >= 0.3 is 5.97 Å². The van der Waals surface area contributed by atoms with Gasteiger partial charge in [-0.1, -0.05) is 0 Å². The predicted octanol–water partition coefficient (Wildman–Crippen LogP) is 0.904. The molecule has 1 N–H and O–H groups in total. The molecule has 0 bridgehead atoms. The van der Waals surface area contributed by atoms with Gasteiger partial charge < -0.3 is 9.51 Å². The molecule has 0 spiro atoms. The molecular weight excluding hydrogens is 182 g/mol. The molecule has 0 saturated heterocycles. The standard InChI is InChI=1S/C9H5N3O2/c10-3-6-1-2-8-11-7(9(13)14)5-12(8)4-6/h1-2,4-5H,(H,13,14). The Hall–Kier alpha value is -2.35. The van der Waals surface area contributed by atoms with Crippen LogP contribution in [0.2, 0.25) is 0 Å². The van der Waals surface area contributed by atoms with Gasteiger partial charge in [0, 0.05) is 12.4 Å². The van der Waals surface area contributed by atoms with Crippen LogP contribution in [0.5, 0.6) is 0 Å². The summed E-state index contributed by atoms with van der Waals surface area (Å²) >= 11 is 0. The van der Waals surface area contributed by atoms with Crippen LogP contribution in [0.3, 0.4) is 0 Å². The number of aromatic nitrogens is 2. The molecule has 2 aromatic heterocycles. The summed E-state index contributed by atoms with van der Waals surface area (Å²) in [5.74, 6) is -1.08. The fourth-order valence-corrected chi connectivity index (χ4v) is 1.16. The molecule has 14 heavy (non-hydrogen) atoms. The Morgan fingerprint density at radius 1 is 1.50 bits per heavy atom. The molecular formula is C9H5N3O2. The normalized spacial score (nSPS) is 9.93. The summed E-state index contributed by atoms with van der Waals surface area (Å²) < 4.78 is 1.52. The van der Waals surface area contributed by atoms with E-state index in [1.54, 1.807) is 12.1 Å². The van der Waals surface area contributed by atoms with Gasteiger partial charge in [0.05, 0.1) is 5.56 Å². The van der Waals surface area contributed by atoms with Gasteiger partial charge in [-0.05, 0) is 12.1 Å². The Balaban J connectivity index is 2.67. The number of aromatic carboxylic acids is 1. The first-order valence-corrected chi connectivity index (χ1v) is 3.83. The van der Waals surface area contributed by atoms with Crippen molar-refractivity contribution in [3.8, 4) is 6.07 Å². The Bertz CT molecular complexity index is 551. The van der Waals surface area contributed by atoms with Crippen LogP contribution < -0.4 is 0 Å². The Morgan fingerprint density at radius 3 is 2.93 bits per heavy atom. The lowest BCUT2D eigenvalue weighted by atomic mass is 10.3.